The van der Waals surface area contributed by atoms with Crippen LogP contribution in [-0.2, 0) is 20.5 Å². The van der Waals surface area contributed by atoms with Crippen molar-refractivity contribution in [1.29, 1.82) is 0 Å². The number of amides is 2. The monoisotopic (exact) mass is 652 g/mol. The normalized spacial score (nSPS) is 14.9. The first-order valence-corrected chi connectivity index (χ1v) is 12.2. The molecule has 15 heteroatoms. The Bertz CT molecular complexity index is 1280. The van der Waals surface area contributed by atoms with E-state index in [1.807, 2.05) is 0 Å². The lowest BCUT2D eigenvalue weighted by Crippen LogP contribution is -2.34. The van der Waals surface area contributed by atoms with Crippen molar-refractivity contribution in [1.82, 2.24) is 4.90 Å². The van der Waals surface area contributed by atoms with Crippen molar-refractivity contribution in [3.63, 3.8) is 0 Å². The van der Waals surface area contributed by atoms with E-state index in [0.29, 0.717) is 29.5 Å². The van der Waals surface area contributed by atoms with Crippen LogP contribution in [0.25, 0.3) is 6.08 Å². The highest BCUT2D eigenvalue weighted by atomic mass is 79.9. The third-order valence-corrected chi connectivity index (χ3v) is 6.56. The summed E-state index contributed by atoms with van der Waals surface area (Å²) in [5.74, 6) is -1.83. The fourth-order valence-electron chi connectivity index (χ4n) is 2.92. The highest BCUT2D eigenvalue weighted by molar-refractivity contribution is 9.11. The molecule has 36 heavy (non-hydrogen) atoms. The maximum atomic E-state index is 12.9. The summed E-state index contributed by atoms with van der Waals surface area (Å²) < 4.78 is 49.6. The van der Waals surface area contributed by atoms with Gasteiger partial charge >= 0.3 is 17.8 Å². The summed E-state index contributed by atoms with van der Waals surface area (Å²) in [6.07, 6.45) is -3.39. The van der Waals surface area contributed by atoms with E-state index in [9.17, 15) is 37.7 Å². The largest absolute Gasteiger partial charge is 0.465 e. The van der Waals surface area contributed by atoms with Crippen LogP contribution in [0.1, 0.15) is 18.1 Å². The second-order valence-corrected chi connectivity index (χ2v) is 9.63. The van der Waals surface area contributed by atoms with Crippen LogP contribution in [0.3, 0.4) is 0 Å². The minimum absolute atomic E-state index is 0.0189. The lowest BCUT2D eigenvalue weighted by molar-refractivity contribution is -0.385. The first-order valence-electron chi connectivity index (χ1n) is 9.75. The van der Waals surface area contributed by atoms with Gasteiger partial charge in [0.15, 0.2) is 5.75 Å². The molecule has 0 saturated carbocycles. The lowest BCUT2D eigenvalue weighted by atomic mass is 10.1. The number of hydrogen-bond acceptors (Lipinski definition) is 8. The fourth-order valence-corrected chi connectivity index (χ4v) is 5.14. The van der Waals surface area contributed by atoms with Crippen LogP contribution < -0.4 is 4.74 Å². The number of thioether (sulfide) groups is 1. The molecular formula is C21H13Br2F3N2O7S. The number of hydrogen-bond donors (Lipinski definition) is 0. The molecular weight excluding hydrogens is 641 g/mol. The molecule has 1 saturated heterocycles. The number of nitro benzene ring substituents is 1. The molecule has 0 atom stereocenters. The van der Waals surface area contributed by atoms with Crippen molar-refractivity contribution in [3.8, 4) is 11.5 Å². The van der Waals surface area contributed by atoms with Crippen molar-refractivity contribution in [2.75, 3.05) is 13.2 Å². The number of alkyl halides is 3. The van der Waals surface area contributed by atoms with E-state index >= 15 is 0 Å². The van der Waals surface area contributed by atoms with Crippen LogP contribution in [0, 0.1) is 10.1 Å². The smallest absolute Gasteiger partial charge is 0.416 e. The number of carbonyl (C=O) groups is 3. The molecule has 0 unspecified atom stereocenters. The number of imide groups is 1. The van der Waals surface area contributed by atoms with Crippen LogP contribution in [0.2, 0.25) is 0 Å². The van der Waals surface area contributed by atoms with Gasteiger partial charge in [-0.15, -0.1) is 0 Å². The number of nitro groups is 1. The summed E-state index contributed by atoms with van der Waals surface area (Å²) in [6, 6.07) is 4.81. The van der Waals surface area contributed by atoms with Gasteiger partial charge in [0.1, 0.15) is 6.54 Å². The molecule has 1 aliphatic rings. The van der Waals surface area contributed by atoms with Gasteiger partial charge < -0.3 is 9.47 Å². The molecule has 9 nitrogen and oxygen atoms in total. The molecule has 190 valence electrons. The summed E-state index contributed by atoms with van der Waals surface area (Å²) in [5, 5.41) is 10.7. The second-order valence-electron chi connectivity index (χ2n) is 6.93. The lowest BCUT2D eigenvalue weighted by Gasteiger charge is -2.13. The summed E-state index contributed by atoms with van der Waals surface area (Å²) in [7, 11) is 0. The maximum Gasteiger partial charge on any atom is 0.416 e. The zero-order valence-corrected chi connectivity index (χ0v) is 21.9. The SMILES string of the molecule is CCOC(=O)CN1C(=O)S/C(=C\c2cc(Br)c(Oc3ccc(C(F)(F)F)cc3[N+](=O)[O-])c(Br)c2)C1=O. The average Bonchev–Trinajstić information content (AvgIpc) is 3.03. The Morgan fingerprint density at radius 3 is 2.39 bits per heavy atom. The molecule has 1 heterocycles. The van der Waals surface area contributed by atoms with Gasteiger partial charge in [-0.05, 0) is 86.5 Å². The fraction of sp³-hybridized carbons (Fsp3) is 0.190. The minimum atomic E-state index is -4.78. The van der Waals surface area contributed by atoms with E-state index in [0.717, 1.165) is 11.0 Å². The van der Waals surface area contributed by atoms with Gasteiger partial charge in [-0.3, -0.25) is 29.4 Å². The number of rotatable bonds is 7. The Morgan fingerprint density at radius 2 is 1.83 bits per heavy atom. The quantitative estimate of drug-likeness (QED) is 0.143. The molecule has 0 radical (unpaired) electrons. The minimum Gasteiger partial charge on any atom is -0.465 e. The maximum absolute atomic E-state index is 12.9. The summed E-state index contributed by atoms with van der Waals surface area (Å²) in [5.41, 5.74) is -1.68. The number of esters is 1. The summed E-state index contributed by atoms with van der Waals surface area (Å²) >= 11 is 7.10. The van der Waals surface area contributed by atoms with Crippen molar-refractivity contribution in [2.45, 2.75) is 13.1 Å². The zero-order valence-electron chi connectivity index (χ0n) is 17.9. The topological polar surface area (TPSA) is 116 Å². The van der Waals surface area contributed by atoms with Crippen molar-refractivity contribution in [3.05, 3.63) is 65.4 Å². The van der Waals surface area contributed by atoms with Crippen molar-refractivity contribution >= 4 is 72.5 Å². The molecule has 2 aromatic rings. The van der Waals surface area contributed by atoms with E-state index < -0.39 is 51.8 Å². The molecule has 0 aromatic heterocycles. The van der Waals surface area contributed by atoms with Gasteiger partial charge in [-0.1, -0.05) is 0 Å². The number of ether oxygens (including phenoxy) is 2. The van der Waals surface area contributed by atoms with E-state index in [4.69, 9.17) is 9.47 Å². The third-order valence-electron chi connectivity index (χ3n) is 4.48. The molecule has 2 aromatic carbocycles. The van der Waals surface area contributed by atoms with Crippen LogP contribution in [0.4, 0.5) is 23.7 Å². The van der Waals surface area contributed by atoms with Crippen molar-refractivity contribution < 1.29 is 42.0 Å². The number of carbonyl (C=O) groups excluding carboxylic acids is 3. The predicted octanol–water partition coefficient (Wildman–Crippen LogP) is 6.53. The van der Waals surface area contributed by atoms with Gasteiger partial charge in [0, 0.05) is 6.07 Å². The molecule has 0 bridgehead atoms. The van der Waals surface area contributed by atoms with Crippen LogP contribution in [-0.4, -0.2) is 40.1 Å². The number of halogens is 5. The first-order chi connectivity index (χ1) is 16.8. The van der Waals surface area contributed by atoms with Gasteiger partial charge in [0.2, 0.25) is 5.75 Å². The Hall–Kier alpha value is -2.91. The molecule has 0 spiro atoms. The van der Waals surface area contributed by atoms with Crippen molar-refractivity contribution in [2.24, 2.45) is 0 Å². The van der Waals surface area contributed by atoms with Crippen LogP contribution in [0.15, 0.2) is 44.2 Å². The zero-order chi connectivity index (χ0) is 26.8. The van der Waals surface area contributed by atoms with E-state index in [2.05, 4.69) is 31.9 Å². The molecule has 2 amide bonds. The Morgan fingerprint density at radius 1 is 1.19 bits per heavy atom. The summed E-state index contributed by atoms with van der Waals surface area (Å²) in [6.45, 7) is 1.16. The second kappa shape index (κ2) is 11.0. The highest BCUT2D eigenvalue weighted by Crippen LogP contribution is 2.43. The van der Waals surface area contributed by atoms with E-state index in [1.165, 1.54) is 18.2 Å². The summed E-state index contributed by atoms with van der Waals surface area (Å²) in [4.78, 5) is 47.5. The third kappa shape index (κ3) is 6.25. The number of benzene rings is 2. The van der Waals surface area contributed by atoms with Gasteiger partial charge in [-0.25, -0.2) is 0 Å². The molecule has 3 rings (SSSR count). The molecule has 1 fully saturated rings. The molecule has 1 aliphatic heterocycles. The molecule has 0 N–H and O–H groups in total. The average molecular weight is 654 g/mol. The van der Waals surface area contributed by atoms with Crippen LogP contribution >= 0.6 is 43.6 Å². The Kier molecular flexibility index (Phi) is 8.46. The standard InChI is InChI=1S/C21H13Br2F3N2O7S/c1-2-34-17(29)9-27-19(30)16(36-20(27)31)7-10-5-12(22)18(13(23)6-10)35-15-4-3-11(21(24,25)26)8-14(15)28(32)33/h3-8H,2,9H2,1H3/b16-7-. The predicted molar refractivity (Wildman–Crippen MR) is 129 cm³/mol. The van der Waals surface area contributed by atoms with Gasteiger partial charge in [0.25, 0.3) is 11.1 Å². The number of nitrogens with zero attached hydrogens (tertiary/aromatic N) is 2. The van der Waals surface area contributed by atoms with Crippen LogP contribution in [0.5, 0.6) is 11.5 Å². The van der Waals surface area contributed by atoms with E-state index in [-0.39, 0.29) is 26.2 Å². The van der Waals surface area contributed by atoms with Gasteiger partial charge in [-0.2, -0.15) is 13.2 Å². The van der Waals surface area contributed by atoms with Gasteiger partial charge in [0.05, 0.1) is 30.9 Å². The molecule has 0 aliphatic carbocycles. The highest BCUT2D eigenvalue weighted by Gasteiger charge is 2.37. The Balaban J connectivity index is 1.88. The van der Waals surface area contributed by atoms with E-state index in [1.54, 1.807) is 6.92 Å². The first kappa shape index (κ1) is 27.7. The Labute approximate surface area is 222 Å².